The molecule has 4 nitrogen and oxygen atoms in total. The van der Waals surface area contributed by atoms with E-state index in [1.54, 1.807) is 6.07 Å². The van der Waals surface area contributed by atoms with E-state index in [1.165, 1.54) is 0 Å². The van der Waals surface area contributed by atoms with Crippen LogP contribution < -0.4 is 10.5 Å². The highest BCUT2D eigenvalue weighted by Gasteiger charge is 2.23. The number of hydrogen-bond acceptors (Lipinski definition) is 3. The molecule has 3 N–H and O–H groups in total. The van der Waals surface area contributed by atoms with Gasteiger partial charge in [0.25, 0.3) is 0 Å². The van der Waals surface area contributed by atoms with Gasteiger partial charge >= 0.3 is 0 Å². The molecule has 20 heavy (non-hydrogen) atoms. The van der Waals surface area contributed by atoms with E-state index in [1.807, 2.05) is 33.8 Å². The molecule has 0 saturated carbocycles. The first-order chi connectivity index (χ1) is 9.22. The minimum atomic E-state index is -3.51. The molecule has 0 aliphatic heterocycles. The summed E-state index contributed by atoms with van der Waals surface area (Å²) in [4.78, 5) is 0.341. The molecule has 5 heteroatoms. The summed E-state index contributed by atoms with van der Waals surface area (Å²) in [6, 6.07) is 3.52. The van der Waals surface area contributed by atoms with Gasteiger partial charge in [0.2, 0.25) is 10.0 Å². The summed E-state index contributed by atoms with van der Waals surface area (Å²) < 4.78 is 27.9. The fraction of sp³-hybridized carbons (Fsp3) is 0.600. The van der Waals surface area contributed by atoms with Gasteiger partial charge in [-0.15, -0.1) is 0 Å². The Hall–Kier alpha value is -0.910. The van der Waals surface area contributed by atoms with Gasteiger partial charge in [0, 0.05) is 12.6 Å². The van der Waals surface area contributed by atoms with Crippen molar-refractivity contribution in [2.75, 3.05) is 0 Å². The van der Waals surface area contributed by atoms with Crippen LogP contribution in [0.4, 0.5) is 0 Å². The highest BCUT2D eigenvalue weighted by molar-refractivity contribution is 7.89. The van der Waals surface area contributed by atoms with E-state index >= 15 is 0 Å². The van der Waals surface area contributed by atoms with E-state index in [0.29, 0.717) is 17.4 Å². The minimum Gasteiger partial charge on any atom is -0.326 e. The summed E-state index contributed by atoms with van der Waals surface area (Å²) in [6.07, 6.45) is 0.935. The minimum absolute atomic E-state index is 0.0914. The third-order valence-corrected chi connectivity index (χ3v) is 5.73. The Labute approximate surface area is 122 Å². The molecule has 0 aliphatic carbocycles. The number of nitrogens with one attached hydrogen (secondary N) is 1. The Morgan fingerprint density at radius 2 is 1.85 bits per heavy atom. The lowest BCUT2D eigenvalue weighted by Gasteiger charge is -2.21. The van der Waals surface area contributed by atoms with Crippen LogP contribution in [0.1, 0.15) is 43.9 Å². The van der Waals surface area contributed by atoms with Gasteiger partial charge in [-0.05, 0) is 49.4 Å². The Kier molecular flexibility index (Phi) is 5.74. The number of benzene rings is 1. The second-order valence-electron chi connectivity index (χ2n) is 5.54. The summed E-state index contributed by atoms with van der Waals surface area (Å²) in [7, 11) is -3.51. The summed E-state index contributed by atoms with van der Waals surface area (Å²) in [5, 5.41) is 0. The van der Waals surface area contributed by atoms with Gasteiger partial charge in [-0.2, -0.15) is 0 Å². The van der Waals surface area contributed by atoms with Crippen molar-refractivity contribution in [3.05, 3.63) is 28.8 Å². The van der Waals surface area contributed by atoms with Gasteiger partial charge in [-0.25, -0.2) is 13.1 Å². The van der Waals surface area contributed by atoms with E-state index < -0.39 is 10.0 Å². The summed E-state index contributed by atoms with van der Waals surface area (Å²) in [5.41, 5.74) is 8.21. The van der Waals surface area contributed by atoms with Gasteiger partial charge in [0.1, 0.15) is 0 Å². The van der Waals surface area contributed by atoms with Crippen molar-refractivity contribution in [2.45, 2.75) is 58.5 Å². The third kappa shape index (κ3) is 3.81. The highest BCUT2D eigenvalue weighted by Crippen LogP contribution is 2.22. The Morgan fingerprint density at radius 1 is 1.25 bits per heavy atom. The van der Waals surface area contributed by atoms with Crippen molar-refractivity contribution in [1.82, 2.24) is 4.72 Å². The number of aryl methyl sites for hydroxylation is 1. The van der Waals surface area contributed by atoms with Crippen LogP contribution in [-0.2, 0) is 16.6 Å². The average Bonchev–Trinajstić information content (AvgIpc) is 2.39. The maximum atomic E-state index is 12.6. The average molecular weight is 298 g/mol. The molecule has 0 bridgehead atoms. The van der Waals surface area contributed by atoms with Gasteiger partial charge in [-0.1, -0.05) is 26.3 Å². The van der Waals surface area contributed by atoms with E-state index in [9.17, 15) is 8.42 Å². The molecule has 1 aromatic rings. The standard InChI is InChI=1S/C15H26N2O2S/c1-6-10(2)13(5)17-20(18,19)15-8-14(9-16)7-11(3)12(15)4/h7-8,10,13,17H,6,9,16H2,1-5H3. The van der Waals surface area contributed by atoms with Crippen molar-refractivity contribution in [1.29, 1.82) is 0 Å². The van der Waals surface area contributed by atoms with E-state index in [4.69, 9.17) is 5.73 Å². The van der Waals surface area contributed by atoms with Crippen LogP contribution in [0.25, 0.3) is 0 Å². The third-order valence-electron chi connectivity index (χ3n) is 4.04. The topological polar surface area (TPSA) is 72.2 Å². The van der Waals surface area contributed by atoms with Gasteiger partial charge in [-0.3, -0.25) is 0 Å². The SMILES string of the molecule is CCC(C)C(C)NS(=O)(=O)c1cc(CN)cc(C)c1C. The summed E-state index contributed by atoms with van der Waals surface area (Å²) in [6.45, 7) is 10.1. The van der Waals surface area contributed by atoms with Crippen LogP contribution >= 0.6 is 0 Å². The predicted molar refractivity (Wildman–Crippen MR) is 83.0 cm³/mol. The molecule has 0 amide bonds. The monoisotopic (exact) mass is 298 g/mol. The molecular formula is C15H26N2O2S. The molecule has 2 unspecified atom stereocenters. The molecule has 2 atom stereocenters. The fourth-order valence-corrected chi connectivity index (χ4v) is 3.79. The quantitative estimate of drug-likeness (QED) is 0.847. The number of hydrogen-bond donors (Lipinski definition) is 2. The molecule has 0 radical (unpaired) electrons. The normalized spacial score (nSPS) is 15.1. The molecule has 114 valence electrons. The Bertz CT molecular complexity index is 567. The van der Waals surface area contributed by atoms with Gasteiger partial charge in [0.15, 0.2) is 0 Å². The summed E-state index contributed by atoms with van der Waals surface area (Å²) >= 11 is 0. The van der Waals surface area contributed by atoms with Crippen LogP contribution in [0, 0.1) is 19.8 Å². The largest absolute Gasteiger partial charge is 0.326 e. The second kappa shape index (κ2) is 6.70. The molecule has 1 aromatic carbocycles. The lowest BCUT2D eigenvalue weighted by atomic mass is 10.0. The summed E-state index contributed by atoms with van der Waals surface area (Å²) in [5.74, 6) is 0.295. The van der Waals surface area contributed by atoms with Crippen LogP contribution in [0.5, 0.6) is 0 Å². The van der Waals surface area contributed by atoms with Gasteiger partial charge in [0.05, 0.1) is 4.90 Å². The lowest BCUT2D eigenvalue weighted by molar-refractivity contribution is 0.434. The molecule has 0 aromatic heterocycles. The number of rotatable bonds is 6. The van der Waals surface area contributed by atoms with Crippen molar-refractivity contribution < 1.29 is 8.42 Å². The molecule has 0 aliphatic rings. The Balaban J connectivity index is 3.19. The first-order valence-electron chi connectivity index (χ1n) is 7.05. The van der Waals surface area contributed by atoms with E-state index in [-0.39, 0.29) is 6.04 Å². The first kappa shape index (κ1) is 17.1. The van der Waals surface area contributed by atoms with Crippen LogP contribution in [0.3, 0.4) is 0 Å². The molecular weight excluding hydrogens is 272 g/mol. The van der Waals surface area contributed by atoms with Crippen LogP contribution in [0.15, 0.2) is 17.0 Å². The molecule has 0 spiro atoms. The zero-order valence-corrected chi connectivity index (χ0v) is 13.8. The molecule has 1 rings (SSSR count). The van der Waals surface area contributed by atoms with Crippen molar-refractivity contribution in [2.24, 2.45) is 11.7 Å². The lowest BCUT2D eigenvalue weighted by Crippen LogP contribution is -2.37. The van der Waals surface area contributed by atoms with E-state index in [2.05, 4.69) is 11.6 Å². The van der Waals surface area contributed by atoms with Crippen molar-refractivity contribution in [3.8, 4) is 0 Å². The zero-order chi connectivity index (χ0) is 15.5. The van der Waals surface area contributed by atoms with Crippen molar-refractivity contribution >= 4 is 10.0 Å². The zero-order valence-electron chi connectivity index (χ0n) is 13.0. The van der Waals surface area contributed by atoms with Gasteiger partial charge < -0.3 is 5.73 Å². The molecule has 0 heterocycles. The highest BCUT2D eigenvalue weighted by atomic mass is 32.2. The van der Waals surface area contributed by atoms with E-state index in [0.717, 1.165) is 23.1 Å². The number of nitrogens with two attached hydrogens (primary N) is 1. The Morgan fingerprint density at radius 3 is 2.35 bits per heavy atom. The van der Waals surface area contributed by atoms with Crippen molar-refractivity contribution in [3.63, 3.8) is 0 Å². The smallest absolute Gasteiger partial charge is 0.241 e. The maximum absolute atomic E-state index is 12.6. The molecule has 0 fully saturated rings. The second-order valence-corrected chi connectivity index (χ2v) is 7.22. The van der Waals surface area contributed by atoms with Crippen LogP contribution in [-0.4, -0.2) is 14.5 Å². The van der Waals surface area contributed by atoms with Crippen LogP contribution in [0.2, 0.25) is 0 Å². The fourth-order valence-electron chi connectivity index (χ4n) is 2.07. The number of sulfonamides is 1. The maximum Gasteiger partial charge on any atom is 0.241 e. The predicted octanol–water partition coefficient (Wildman–Crippen LogP) is 2.48. The first-order valence-corrected chi connectivity index (χ1v) is 8.53. The molecule has 0 saturated heterocycles.